The lowest BCUT2D eigenvalue weighted by molar-refractivity contribution is -0.143. The molecule has 0 fully saturated rings. The second-order valence-corrected chi connectivity index (χ2v) is 4.87. The number of nitrogens with one attached hydrogen (secondary N) is 1. The topological polar surface area (TPSA) is 58.6 Å². The molecule has 0 aromatic heterocycles. The number of amides is 2. The summed E-state index contributed by atoms with van der Waals surface area (Å²) in [5.74, 6) is -0.340. The molecule has 1 rings (SSSR count). The van der Waals surface area contributed by atoms with Gasteiger partial charge in [0.25, 0.3) is 0 Å². The molecule has 1 N–H and O–H groups in total. The molecule has 0 saturated heterocycles. The summed E-state index contributed by atoms with van der Waals surface area (Å²) in [6.45, 7) is 2.31. The average molecular weight is 319 g/mol. The van der Waals surface area contributed by atoms with Crippen molar-refractivity contribution in [2.45, 2.75) is 13.3 Å². The first-order valence-electron chi connectivity index (χ1n) is 6.06. The van der Waals surface area contributed by atoms with E-state index in [1.54, 1.807) is 32.2 Å². The van der Waals surface area contributed by atoms with Crippen LogP contribution in [0.2, 0.25) is 10.0 Å². The van der Waals surface area contributed by atoms with E-state index in [0.717, 1.165) is 0 Å². The third kappa shape index (κ3) is 5.27. The molecule has 0 aliphatic carbocycles. The summed E-state index contributed by atoms with van der Waals surface area (Å²) in [5, 5.41) is 3.49. The van der Waals surface area contributed by atoms with E-state index < -0.39 is 0 Å². The predicted octanol–water partition coefficient (Wildman–Crippen LogP) is 3.41. The Morgan fingerprint density at radius 2 is 2.05 bits per heavy atom. The van der Waals surface area contributed by atoms with Crippen molar-refractivity contribution in [1.29, 1.82) is 0 Å². The smallest absolute Gasteiger partial charge is 0.321 e. The number of hydrogen-bond donors (Lipinski definition) is 1. The van der Waals surface area contributed by atoms with Gasteiger partial charge >= 0.3 is 12.0 Å². The number of hydrogen-bond acceptors (Lipinski definition) is 3. The van der Waals surface area contributed by atoms with E-state index >= 15 is 0 Å². The van der Waals surface area contributed by atoms with Crippen LogP contribution in [0.4, 0.5) is 10.5 Å². The number of rotatable bonds is 5. The summed E-state index contributed by atoms with van der Waals surface area (Å²) in [6.07, 6.45) is 0.140. The van der Waals surface area contributed by atoms with Gasteiger partial charge in [0.2, 0.25) is 0 Å². The first-order chi connectivity index (χ1) is 9.43. The van der Waals surface area contributed by atoms with Crippen molar-refractivity contribution >= 4 is 40.9 Å². The van der Waals surface area contributed by atoms with Crippen molar-refractivity contribution in [1.82, 2.24) is 4.90 Å². The van der Waals surface area contributed by atoms with Crippen molar-refractivity contribution < 1.29 is 14.3 Å². The van der Waals surface area contributed by atoms with Gasteiger partial charge in [0, 0.05) is 18.6 Å². The zero-order valence-corrected chi connectivity index (χ0v) is 12.8. The summed E-state index contributed by atoms with van der Waals surface area (Å²) in [5.41, 5.74) is 0.423. The Bertz CT molecular complexity index is 495. The molecule has 0 spiro atoms. The highest BCUT2D eigenvalue weighted by Crippen LogP contribution is 2.25. The standard InChI is InChI=1S/C13H16Cl2N2O3/c1-3-20-12(18)6-7-17(2)13(19)16-11-8-9(14)4-5-10(11)15/h4-5,8H,3,6-7H2,1-2H3,(H,16,19). The van der Waals surface area contributed by atoms with Gasteiger partial charge in [-0.15, -0.1) is 0 Å². The molecule has 0 atom stereocenters. The summed E-state index contributed by atoms with van der Waals surface area (Å²) >= 11 is 11.8. The van der Waals surface area contributed by atoms with E-state index in [2.05, 4.69) is 5.32 Å². The average Bonchev–Trinajstić information content (AvgIpc) is 2.40. The maximum absolute atomic E-state index is 11.9. The van der Waals surface area contributed by atoms with E-state index in [9.17, 15) is 9.59 Å². The minimum absolute atomic E-state index is 0.140. The Labute approximate surface area is 127 Å². The maximum Gasteiger partial charge on any atom is 0.321 e. The highest BCUT2D eigenvalue weighted by atomic mass is 35.5. The lowest BCUT2D eigenvalue weighted by Crippen LogP contribution is -2.33. The fraction of sp³-hybridized carbons (Fsp3) is 0.385. The van der Waals surface area contributed by atoms with Gasteiger partial charge in [-0.2, -0.15) is 0 Å². The van der Waals surface area contributed by atoms with Crippen LogP contribution in [0.15, 0.2) is 18.2 Å². The molecule has 0 aliphatic rings. The molecule has 1 aromatic carbocycles. The van der Waals surface area contributed by atoms with E-state index in [4.69, 9.17) is 27.9 Å². The summed E-state index contributed by atoms with van der Waals surface area (Å²) in [4.78, 5) is 24.5. The van der Waals surface area contributed by atoms with Gasteiger partial charge < -0.3 is 15.0 Å². The van der Waals surface area contributed by atoms with Gasteiger partial charge in [0.1, 0.15) is 0 Å². The van der Waals surface area contributed by atoms with Crippen molar-refractivity contribution in [2.75, 3.05) is 25.5 Å². The predicted molar refractivity (Wildman–Crippen MR) is 79.4 cm³/mol. The van der Waals surface area contributed by atoms with Crippen LogP contribution in [-0.2, 0) is 9.53 Å². The van der Waals surface area contributed by atoms with Crippen LogP contribution in [-0.4, -0.2) is 37.1 Å². The van der Waals surface area contributed by atoms with Gasteiger partial charge in [-0.05, 0) is 25.1 Å². The largest absolute Gasteiger partial charge is 0.466 e. The lowest BCUT2D eigenvalue weighted by Gasteiger charge is -2.18. The second-order valence-electron chi connectivity index (χ2n) is 4.03. The molecule has 5 nitrogen and oxygen atoms in total. The highest BCUT2D eigenvalue weighted by Gasteiger charge is 2.13. The number of urea groups is 1. The van der Waals surface area contributed by atoms with E-state index in [1.807, 2.05) is 0 Å². The normalized spacial score (nSPS) is 10.0. The number of carbonyl (C=O) groups is 2. The van der Waals surface area contributed by atoms with Gasteiger partial charge in [0.15, 0.2) is 0 Å². The van der Waals surface area contributed by atoms with Crippen LogP contribution in [0.3, 0.4) is 0 Å². The monoisotopic (exact) mass is 318 g/mol. The van der Waals surface area contributed by atoms with Crippen LogP contribution in [0, 0.1) is 0 Å². The fourth-order valence-corrected chi connectivity index (χ4v) is 1.73. The summed E-state index contributed by atoms with van der Waals surface area (Å²) in [6, 6.07) is 4.40. The van der Waals surface area contributed by atoms with Crippen LogP contribution < -0.4 is 5.32 Å². The van der Waals surface area contributed by atoms with Crippen molar-refractivity contribution in [3.63, 3.8) is 0 Å². The van der Waals surface area contributed by atoms with Crippen molar-refractivity contribution in [2.24, 2.45) is 0 Å². The van der Waals surface area contributed by atoms with E-state index in [0.29, 0.717) is 22.3 Å². The summed E-state index contributed by atoms with van der Waals surface area (Å²) < 4.78 is 4.79. The molecule has 0 radical (unpaired) electrons. The molecule has 0 unspecified atom stereocenters. The molecular weight excluding hydrogens is 303 g/mol. The molecule has 20 heavy (non-hydrogen) atoms. The third-order valence-corrected chi connectivity index (χ3v) is 3.04. The molecule has 0 bridgehead atoms. The molecule has 0 heterocycles. The summed E-state index contributed by atoms with van der Waals surface area (Å²) in [7, 11) is 1.58. The maximum atomic E-state index is 11.9. The molecule has 0 aliphatic heterocycles. The molecular formula is C13H16Cl2N2O3. The van der Waals surface area contributed by atoms with Crippen LogP contribution in [0.1, 0.15) is 13.3 Å². The Morgan fingerprint density at radius 3 is 2.70 bits per heavy atom. The Kier molecular flexibility index (Phi) is 6.61. The van der Waals surface area contributed by atoms with Crippen LogP contribution >= 0.6 is 23.2 Å². The Hall–Kier alpha value is -1.46. The van der Waals surface area contributed by atoms with Gasteiger partial charge in [-0.3, -0.25) is 4.79 Å². The number of ether oxygens (including phenoxy) is 1. The van der Waals surface area contributed by atoms with Gasteiger partial charge in [0.05, 0.1) is 23.7 Å². The van der Waals surface area contributed by atoms with Gasteiger partial charge in [-0.25, -0.2) is 4.79 Å². The number of carbonyl (C=O) groups excluding carboxylic acids is 2. The van der Waals surface area contributed by atoms with Gasteiger partial charge in [-0.1, -0.05) is 23.2 Å². The SMILES string of the molecule is CCOC(=O)CCN(C)C(=O)Nc1cc(Cl)ccc1Cl. The molecule has 1 aromatic rings. The second kappa shape index (κ2) is 7.97. The molecule has 2 amide bonds. The molecule has 110 valence electrons. The van der Waals surface area contributed by atoms with Crippen molar-refractivity contribution in [3.05, 3.63) is 28.2 Å². The lowest BCUT2D eigenvalue weighted by atomic mass is 10.3. The van der Waals surface area contributed by atoms with Crippen LogP contribution in [0.25, 0.3) is 0 Å². The van der Waals surface area contributed by atoms with Crippen LogP contribution in [0.5, 0.6) is 0 Å². The number of benzene rings is 1. The fourth-order valence-electron chi connectivity index (χ4n) is 1.40. The first kappa shape index (κ1) is 16.6. The number of halogens is 2. The zero-order chi connectivity index (χ0) is 15.1. The van der Waals surface area contributed by atoms with E-state index in [1.165, 1.54) is 4.90 Å². The number of nitrogens with zero attached hydrogens (tertiary/aromatic N) is 1. The number of esters is 1. The molecule has 0 saturated carbocycles. The quantitative estimate of drug-likeness (QED) is 0.846. The minimum atomic E-state index is -0.376. The zero-order valence-electron chi connectivity index (χ0n) is 11.3. The highest BCUT2D eigenvalue weighted by molar-refractivity contribution is 6.35. The Balaban J connectivity index is 2.53. The molecule has 7 heteroatoms. The minimum Gasteiger partial charge on any atom is -0.466 e. The number of anilines is 1. The first-order valence-corrected chi connectivity index (χ1v) is 6.82. The third-order valence-electron chi connectivity index (χ3n) is 2.47. The van der Waals surface area contributed by atoms with E-state index in [-0.39, 0.29) is 25.0 Å². The Morgan fingerprint density at radius 1 is 1.35 bits per heavy atom. The van der Waals surface area contributed by atoms with Crippen molar-refractivity contribution in [3.8, 4) is 0 Å².